The third kappa shape index (κ3) is 4.41. The average molecular weight is 441 g/mol. The number of ether oxygens (including phenoxy) is 2. The molecule has 1 N–H and O–H groups in total. The first kappa shape index (κ1) is 22.4. The Balaban J connectivity index is 1.73. The summed E-state index contributed by atoms with van der Waals surface area (Å²) in [5.41, 5.74) is -0.664. The van der Waals surface area contributed by atoms with Crippen LogP contribution in [0.25, 0.3) is 0 Å². The smallest absolute Gasteiger partial charge is 0.344 e. The van der Waals surface area contributed by atoms with E-state index in [-0.39, 0.29) is 24.3 Å². The van der Waals surface area contributed by atoms with E-state index in [0.717, 1.165) is 6.07 Å². The Labute approximate surface area is 182 Å². The Bertz CT molecular complexity index is 1110. The van der Waals surface area contributed by atoms with E-state index in [4.69, 9.17) is 9.47 Å². The van der Waals surface area contributed by atoms with Crippen molar-refractivity contribution >= 4 is 35.1 Å². The molecule has 0 saturated carbocycles. The maximum Gasteiger partial charge on any atom is 0.344 e. The van der Waals surface area contributed by atoms with E-state index < -0.39 is 40.3 Å². The molecule has 1 heterocycles. The number of anilines is 1. The summed E-state index contributed by atoms with van der Waals surface area (Å²) in [5, 5.41) is 13.8. The second kappa shape index (κ2) is 9.25. The summed E-state index contributed by atoms with van der Waals surface area (Å²) in [7, 11) is 0. The maximum atomic E-state index is 12.7. The molecule has 1 atom stereocenters. The van der Waals surface area contributed by atoms with Gasteiger partial charge in [-0.25, -0.2) is 4.79 Å². The fraction of sp³-hybridized carbons (Fsp3) is 0.238. The van der Waals surface area contributed by atoms with E-state index >= 15 is 0 Å². The standard InChI is InChI=1S/C21H19N3O8/c1-3-31-17(25)11-32-14-7-4-6-13(10-14)22-19(26)12(2)23-20(27)15-8-5-9-16(24(29)30)18(15)21(23)28/h4-10,12H,3,11H2,1-2H3,(H,22,26). The van der Waals surface area contributed by atoms with Crippen LogP contribution in [0.15, 0.2) is 42.5 Å². The normalized spacial score (nSPS) is 13.4. The highest BCUT2D eigenvalue weighted by Gasteiger charge is 2.44. The second-order valence-electron chi connectivity index (χ2n) is 6.72. The molecule has 11 heteroatoms. The number of nitro benzene ring substituents is 1. The van der Waals surface area contributed by atoms with Crippen LogP contribution in [0.1, 0.15) is 34.6 Å². The SMILES string of the molecule is CCOC(=O)COc1cccc(NC(=O)C(C)N2C(=O)c3cccc([N+](=O)[O-])c3C2=O)c1. The zero-order valence-corrected chi connectivity index (χ0v) is 17.2. The van der Waals surface area contributed by atoms with E-state index in [0.29, 0.717) is 16.3 Å². The van der Waals surface area contributed by atoms with Crippen molar-refractivity contribution in [1.29, 1.82) is 0 Å². The highest BCUT2D eigenvalue weighted by Crippen LogP contribution is 2.32. The second-order valence-corrected chi connectivity index (χ2v) is 6.72. The van der Waals surface area contributed by atoms with Crippen molar-refractivity contribution in [3.63, 3.8) is 0 Å². The van der Waals surface area contributed by atoms with E-state index in [1.54, 1.807) is 25.1 Å². The van der Waals surface area contributed by atoms with Crippen LogP contribution in [-0.4, -0.2) is 52.8 Å². The summed E-state index contributed by atoms with van der Waals surface area (Å²) >= 11 is 0. The topological polar surface area (TPSA) is 145 Å². The fourth-order valence-corrected chi connectivity index (χ4v) is 3.16. The first-order valence-corrected chi connectivity index (χ1v) is 9.59. The van der Waals surface area contributed by atoms with Gasteiger partial charge < -0.3 is 14.8 Å². The van der Waals surface area contributed by atoms with E-state index in [1.165, 1.54) is 25.1 Å². The molecule has 3 rings (SSSR count). The highest BCUT2D eigenvalue weighted by molar-refractivity contribution is 6.24. The summed E-state index contributed by atoms with van der Waals surface area (Å²) in [5.74, 6) is -2.64. The fourth-order valence-electron chi connectivity index (χ4n) is 3.16. The van der Waals surface area contributed by atoms with Gasteiger partial charge in [-0.3, -0.25) is 29.4 Å². The summed E-state index contributed by atoms with van der Waals surface area (Å²) in [6.07, 6.45) is 0. The number of hydrogen-bond donors (Lipinski definition) is 1. The average Bonchev–Trinajstić information content (AvgIpc) is 3.02. The van der Waals surface area contributed by atoms with Crippen LogP contribution >= 0.6 is 0 Å². The first-order valence-electron chi connectivity index (χ1n) is 9.59. The molecule has 0 radical (unpaired) electrons. The number of rotatable bonds is 8. The number of nitrogens with zero attached hydrogens (tertiary/aromatic N) is 2. The zero-order chi connectivity index (χ0) is 23.4. The molecule has 1 unspecified atom stereocenters. The number of amides is 3. The van der Waals surface area contributed by atoms with Gasteiger partial charge in [0.1, 0.15) is 17.4 Å². The van der Waals surface area contributed by atoms with Gasteiger partial charge in [0.2, 0.25) is 5.91 Å². The van der Waals surface area contributed by atoms with Crippen molar-refractivity contribution in [3.05, 3.63) is 63.7 Å². The van der Waals surface area contributed by atoms with E-state index in [9.17, 15) is 29.3 Å². The number of nitrogens with one attached hydrogen (secondary N) is 1. The largest absolute Gasteiger partial charge is 0.482 e. The number of hydrogen-bond acceptors (Lipinski definition) is 8. The van der Waals surface area contributed by atoms with Crippen LogP contribution in [0.4, 0.5) is 11.4 Å². The number of imide groups is 1. The van der Waals surface area contributed by atoms with Crippen molar-refractivity contribution in [3.8, 4) is 5.75 Å². The van der Waals surface area contributed by atoms with Crippen molar-refractivity contribution < 1.29 is 33.6 Å². The first-order chi connectivity index (χ1) is 15.2. The number of esters is 1. The lowest BCUT2D eigenvalue weighted by molar-refractivity contribution is -0.385. The molecule has 1 aliphatic rings. The number of fused-ring (bicyclic) bond motifs is 1. The molecule has 2 aromatic rings. The third-order valence-electron chi connectivity index (χ3n) is 4.65. The lowest BCUT2D eigenvalue weighted by Crippen LogP contribution is -2.45. The number of carbonyl (C=O) groups excluding carboxylic acids is 4. The summed E-state index contributed by atoms with van der Waals surface area (Å²) in [6, 6.07) is 8.64. The molecular formula is C21H19N3O8. The molecule has 0 spiro atoms. The van der Waals surface area contributed by atoms with Crippen LogP contribution in [-0.2, 0) is 14.3 Å². The maximum absolute atomic E-state index is 12.7. The van der Waals surface area contributed by atoms with Crippen molar-refractivity contribution in [2.75, 3.05) is 18.5 Å². The molecule has 32 heavy (non-hydrogen) atoms. The Kier molecular flexibility index (Phi) is 6.47. The minimum atomic E-state index is -1.24. The Morgan fingerprint density at radius 2 is 1.88 bits per heavy atom. The van der Waals surface area contributed by atoms with Crippen LogP contribution in [0.2, 0.25) is 0 Å². The van der Waals surface area contributed by atoms with Gasteiger partial charge in [0.05, 0.1) is 17.1 Å². The van der Waals surface area contributed by atoms with Gasteiger partial charge in [0.15, 0.2) is 6.61 Å². The molecule has 3 amide bonds. The Morgan fingerprint density at radius 1 is 1.16 bits per heavy atom. The van der Waals surface area contributed by atoms with Crippen LogP contribution in [0.5, 0.6) is 5.75 Å². The van der Waals surface area contributed by atoms with Gasteiger partial charge in [0, 0.05) is 17.8 Å². The van der Waals surface area contributed by atoms with Gasteiger partial charge in [-0.2, -0.15) is 0 Å². The quantitative estimate of drug-likeness (QED) is 0.284. The molecular weight excluding hydrogens is 422 g/mol. The predicted octanol–water partition coefficient (Wildman–Crippen LogP) is 2.16. The van der Waals surface area contributed by atoms with Gasteiger partial charge in [-0.05, 0) is 32.0 Å². The van der Waals surface area contributed by atoms with Crippen molar-refractivity contribution in [2.45, 2.75) is 19.9 Å². The molecule has 11 nitrogen and oxygen atoms in total. The van der Waals surface area contributed by atoms with Gasteiger partial charge >= 0.3 is 5.97 Å². The van der Waals surface area contributed by atoms with Crippen LogP contribution < -0.4 is 10.1 Å². The summed E-state index contributed by atoms with van der Waals surface area (Å²) < 4.78 is 10.1. The lowest BCUT2D eigenvalue weighted by atomic mass is 10.1. The summed E-state index contributed by atoms with van der Waals surface area (Å²) in [6.45, 7) is 2.92. The van der Waals surface area contributed by atoms with Crippen molar-refractivity contribution in [1.82, 2.24) is 4.90 Å². The van der Waals surface area contributed by atoms with E-state index in [2.05, 4.69) is 5.32 Å². The molecule has 1 aliphatic heterocycles. The van der Waals surface area contributed by atoms with Crippen molar-refractivity contribution in [2.24, 2.45) is 0 Å². The number of nitro groups is 1. The number of carbonyl (C=O) groups is 4. The molecule has 0 bridgehead atoms. The van der Waals surface area contributed by atoms with Gasteiger partial charge in [0.25, 0.3) is 17.5 Å². The third-order valence-corrected chi connectivity index (χ3v) is 4.65. The summed E-state index contributed by atoms with van der Waals surface area (Å²) in [4.78, 5) is 60.7. The zero-order valence-electron chi connectivity index (χ0n) is 17.2. The molecule has 0 saturated heterocycles. The predicted molar refractivity (Wildman–Crippen MR) is 110 cm³/mol. The number of benzene rings is 2. The molecule has 0 aliphatic carbocycles. The molecule has 166 valence electrons. The minimum Gasteiger partial charge on any atom is -0.482 e. The van der Waals surface area contributed by atoms with Crippen LogP contribution in [0, 0.1) is 10.1 Å². The monoisotopic (exact) mass is 441 g/mol. The highest BCUT2D eigenvalue weighted by atomic mass is 16.6. The van der Waals surface area contributed by atoms with Crippen LogP contribution in [0.3, 0.4) is 0 Å². The minimum absolute atomic E-state index is 0.127. The van der Waals surface area contributed by atoms with Gasteiger partial charge in [-0.15, -0.1) is 0 Å². The Morgan fingerprint density at radius 3 is 2.56 bits per heavy atom. The van der Waals surface area contributed by atoms with Gasteiger partial charge in [-0.1, -0.05) is 12.1 Å². The molecule has 0 aromatic heterocycles. The lowest BCUT2D eigenvalue weighted by Gasteiger charge is -2.21. The Hall–Kier alpha value is -4.28. The van der Waals surface area contributed by atoms with E-state index in [1.807, 2.05) is 0 Å². The molecule has 0 fully saturated rings. The molecule has 2 aromatic carbocycles.